The molecule has 8 nitrogen and oxygen atoms in total. The molecule has 1 aromatic heterocycles. The second-order valence-electron chi connectivity index (χ2n) is 5.40. The third-order valence-corrected chi connectivity index (χ3v) is 3.73. The molecule has 0 saturated carbocycles. The van der Waals surface area contributed by atoms with Gasteiger partial charge in [0.15, 0.2) is 5.58 Å². The van der Waals surface area contributed by atoms with Crippen molar-refractivity contribution in [1.82, 2.24) is 15.2 Å². The maximum atomic E-state index is 11.6. The zero-order chi connectivity index (χ0) is 16.2. The highest BCUT2D eigenvalue weighted by atomic mass is 16.4. The number of aromatic nitrogens is 1. The van der Waals surface area contributed by atoms with Crippen LogP contribution in [0.2, 0.25) is 0 Å². The summed E-state index contributed by atoms with van der Waals surface area (Å²) in [6.07, 6.45) is 0. The van der Waals surface area contributed by atoms with E-state index in [0.29, 0.717) is 32.2 Å². The van der Waals surface area contributed by atoms with Crippen LogP contribution < -0.4 is 10.2 Å². The fourth-order valence-electron chi connectivity index (χ4n) is 2.53. The number of fused-ring (bicyclic) bond motifs is 1. The molecular formula is C15H18N4O4. The van der Waals surface area contributed by atoms with Crippen molar-refractivity contribution in [1.29, 1.82) is 0 Å². The van der Waals surface area contributed by atoms with E-state index in [1.807, 2.05) is 34.1 Å². The van der Waals surface area contributed by atoms with Gasteiger partial charge in [-0.2, -0.15) is 4.98 Å². The molecule has 8 heteroatoms. The zero-order valence-electron chi connectivity index (χ0n) is 12.6. The molecule has 2 heterocycles. The molecular weight excluding hydrogens is 300 g/mol. The van der Waals surface area contributed by atoms with Gasteiger partial charge in [0.05, 0.1) is 6.54 Å². The number of carboxylic acid groups (broad SMARTS) is 1. The van der Waals surface area contributed by atoms with Crippen LogP contribution in [0.4, 0.5) is 6.01 Å². The van der Waals surface area contributed by atoms with Crippen molar-refractivity contribution in [2.45, 2.75) is 0 Å². The SMILES string of the molecule is O=C(O)CNC(=O)CN1CCN(c2nc3ccccc3o2)CC1. The van der Waals surface area contributed by atoms with Gasteiger partial charge in [-0.3, -0.25) is 14.5 Å². The molecule has 1 aliphatic rings. The molecule has 23 heavy (non-hydrogen) atoms. The van der Waals surface area contributed by atoms with E-state index in [0.717, 1.165) is 11.1 Å². The van der Waals surface area contributed by atoms with E-state index in [9.17, 15) is 9.59 Å². The molecule has 0 bridgehead atoms. The summed E-state index contributed by atoms with van der Waals surface area (Å²) in [5, 5.41) is 10.9. The van der Waals surface area contributed by atoms with Gasteiger partial charge in [-0.05, 0) is 12.1 Å². The van der Waals surface area contributed by atoms with Gasteiger partial charge < -0.3 is 19.7 Å². The number of benzene rings is 1. The number of nitrogens with zero attached hydrogens (tertiary/aromatic N) is 3. The maximum Gasteiger partial charge on any atom is 0.322 e. The first-order valence-electron chi connectivity index (χ1n) is 7.43. The van der Waals surface area contributed by atoms with Crippen molar-refractivity contribution < 1.29 is 19.1 Å². The number of para-hydroxylation sites is 2. The minimum atomic E-state index is -1.04. The molecule has 0 atom stereocenters. The van der Waals surface area contributed by atoms with Crippen molar-refractivity contribution in [3.8, 4) is 0 Å². The predicted molar refractivity (Wildman–Crippen MR) is 83.3 cm³/mol. The monoisotopic (exact) mass is 318 g/mol. The van der Waals surface area contributed by atoms with Gasteiger partial charge in [-0.1, -0.05) is 12.1 Å². The number of rotatable bonds is 5. The summed E-state index contributed by atoms with van der Waals surface area (Å²) in [7, 11) is 0. The predicted octanol–water partition coefficient (Wildman–Crippen LogP) is 0.151. The van der Waals surface area contributed by atoms with Crippen LogP contribution in [-0.2, 0) is 9.59 Å². The third kappa shape index (κ3) is 3.78. The molecule has 1 fully saturated rings. The highest BCUT2D eigenvalue weighted by Gasteiger charge is 2.22. The number of nitrogens with one attached hydrogen (secondary N) is 1. The Morgan fingerprint density at radius 3 is 2.65 bits per heavy atom. The highest BCUT2D eigenvalue weighted by molar-refractivity contribution is 5.82. The second kappa shape index (κ2) is 6.66. The van der Waals surface area contributed by atoms with Crippen LogP contribution in [-0.4, -0.2) is 66.1 Å². The molecule has 122 valence electrons. The van der Waals surface area contributed by atoms with Gasteiger partial charge in [0.2, 0.25) is 5.91 Å². The van der Waals surface area contributed by atoms with Crippen LogP contribution in [0, 0.1) is 0 Å². The van der Waals surface area contributed by atoms with Gasteiger partial charge in [0.1, 0.15) is 12.1 Å². The molecule has 1 saturated heterocycles. The Balaban J connectivity index is 1.52. The molecule has 3 rings (SSSR count). The third-order valence-electron chi connectivity index (χ3n) is 3.73. The summed E-state index contributed by atoms with van der Waals surface area (Å²) in [6.45, 7) is 2.66. The Labute approximate surface area is 132 Å². The van der Waals surface area contributed by atoms with Gasteiger partial charge in [-0.25, -0.2) is 0 Å². The standard InChI is InChI=1S/C15H18N4O4/c20-13(16-9-14(21)22)10-18-5-7-19(8-6-18)15-17-11-3-1-2-4-12(11)23-15/h1-4H,5-10H2,(H,16,20)(H,21,22). The molecule has 0 spiro atoms. The Hall–Kier alpha value is -2.61. The lowest BCUT2D eigenvalue weighted by Gasteiger charge is -2.33. The lowest BCUT2D eigenvalue weighted by Crippen LogP contribution is -2.50. The summed E-state index contributed by atoms with van der Waals surface area (Å²) >= 11 is 0. The van der Waals surface area contributed by atoms with Gasteiger partial charge in [0.25, 0.3) is 6.01 Å². The van der Waals surface area contributed by atoms with Crippen molar-refractivity contribution in [2.24, 2.45) is 0 Å². The first-order chi connectivity index (χ1) is 11.1. The van der Waals surface area contributed by atoms with E-state index >= 15 is 0 Å². The number of carbonyl (C=O) groups excluding carboxylic acids is 1. The number of hydrogen-bond acceptors (Lipinski definition) is 6. The number of hydrogen-bond donors (Lipinski definition) is 2. The van der Waals surface area contributed by atoms with Gasteiger partial charge in [-0.15, -0.1) is 0 Å². The normalized spacial score (nSPS) is 15.7. The Bertz CT molecular complexity index is 673. The topological polar surface area (TPSA) is 98.9 Å². The maximum absolute atomic E-state index is 11.6. The molecule has 1 amide bonds. The molecule has 0 aliphatic carbocycles. The van der Waals surface area contributed by atoms with Crippen LogP contribution in [0.15, 0.2) is 28.7 Å². The number of anilines is 1. The molecule has 1 aromatic carbocycles. The quantitative estimate of drug-likeness (QED) is 0.809. The second-order valence-corrected chi connectivity index (χ2v) is 5.40. The van der Waals surface area contributed by atoms with Crippen molar-refractivity contribution in [2.75, 3.05) is 44.2 Å². The fraction of sp³-hybridized carbons (Fsp3) is 0.400. The lowest BCUT2D eigenvalue weighted by atomic mass is 10.3. The van der Waals surface area contributed by atoms with Gasteiger partial charge in [0, 0.05) is 26.2 Å². The van der Waals surface area contributed by atoms with E-state index in [-0.39, 0.29) is 19.0 Å². The summed E-state index contributed by atoms with van der Waals surface area (Å²) in [5.74, 6) is -1.32. The molecule has 0 radical (unpaired) electrons. The molecule has 2 aromatic rings. The van der Waals surface area contributed by atoms with Crippen LogP contribution in [0.5, 0.6) is 0 Å². The average Bonchev–Trinajstić information content (AvgIpc) is 2.97. The number of carboxylic acids is 1. The average molecular weight is 318 g/mol. The Morgan fingerprint density at radius 1 is 1.22 bits per heavy atom. The Morgan fingerprint density at radius 2 is 1.96 bits per heavy atom. The number of oxazole rings is 1. The van der Waals surface area contributed by atoms with Crippen molar-refractivity contribution in [3.05, 3.63) is 24.3 Å². The highest BCUT2D eigenvalue weighted by Crippen LogP contribution is 2.22. The number of amides is 1. The van der Waals surface area contributed by atoms with Crippen LogP contribution in [0.25, 0.3) is 11.1 Å². The lowest BCUT2D eigenvalue weighted by molar-refractivity contribution is -0.138. The van der Waals surface area contributed by atoms with Gasteiger partial charge >= 0.3 is 5.97 Å². The number of piperazine rings is 1. The summed E-state index contributed by atoms with van der Waals surface area (Å²) in [6, 6.07) is 8.22. The Kier molecular flexibility index (Phi) is 4.42. The van der Waals surface area contributed by atoms with Crippen LogP contribution >= 0.6 is 0 Å². The van der Waals surface area contributed by atoms with Crippen LogP contribution in [0.1, 0.15) is 0 Å². The minimum Gasteiger partial charge on any atom is -0.480 e. The summed E-state index contributed by atoms with van der Waals surface area (Å²) in [4.78, 5) is 30.5. The molecule has 0 unspecified atom stereocenters. The van der Waals surface area contributed by atoms with E-state index in [4.69, 9.17) is 9.52 Å². The molecule has 2 N–H and O–H groups in total. The smallest absolute Gasteiger partial charge is 0.322 e. The summed E-state index contributed by atoms with van der Waals surface area (Å²) in [5.41, 5.74) is 1.59. The fourth-order valence-corrected chi connectivity index (χ4v) is 2.53. The van der Waals surface area contributed by atoms with E-state index < -0.39 is 5.97 Å². The zero-order valence-corrected chi connectivity index (χ0v) is 12.6. The van der Waals surface area contributed by atoms with Crippen molar-refractivity contribution >= 4 is 29.0 Å². The first kappa shape index (κ1) is 15.3. The number of aliphatic carboxylic acids is 1. The van der Waals surface area contributed by atoms with E-state index in [1.54, 1.807) is 0 Å². The number of carbonyl (C=O) groups is 2. The minimum absolute atomic E-state index is 0.203. The molecule has 1 aliphatic heterocycles. The van der Waals surface area contributed by atoms with Crippen LogP contribution in [0.3, 0.4) is 0 Å². The largest absolute Gasteiger partial charge is 0.480 e. The van der Waals surface area contributed by atoms with E-state index in [1.165, 1.54) is 0 Å². The van der Waals surface area contributed by atoms with Crippen molar-refractivity contribution in [3.63, 3.8) is 0 Å². The first-order valence-corrected chi connectivity index (χ1v) is 7.43. The van der Waals surface area contributed by atoms with E-state index in [2.05, 4.69) is 10.3 Å². The summed E-state index contributed by atoms with van der Waals surface area (Å²) < 4.78 is 5.74.